The summed E-state index contributed by atoms with van der Waals surface area (Å²) in [6, 6.07) is 15.8. The van der Waals surface area contributed by atoms with E-state index in [0.29, 0.717) is 11.3 Å². The standard InChI is InChI=1S/C19H20N2O4/c1-13-7-6-10-16(11-13)21-18(23)14(2)25-17(22)12-20-19(24)15-8-4-3-5-9-15/h3-11,14H,12H2,1-2H3,(H,20,24)(H,21,23)/t14-/m1/s1. The van der Waals surface area contributed by atoms with Crippen LogP contribution in [0.4, 0.5) is 5.69 Å². The van der Waals surface area contributed by atoms with Crippen molar-refractivity contribution in [2.45, 2.75) is 20.0 Å². The van der Waals surface area contributed by atoms with Crippen LogP contribution in [0.1, 0.15) is 22.8 Å². The third-order valence-electron chi connectivity index (χ3n) is 3.39. The van der Waals surface area contributed by atoms with Crippen molar-refractivity contribution < 1.29 is 19.1 Å². The highest BCUT2D eigenvalue weighted by Gasteiger charge is 2.18. The van der Waals surface area contributed by atoms with Gasteiger partial charge in [0.2, 0.25) is 0 Å². The van der Waals surface area contributed by atoms with Gasteiger partial charge in [-0.1, -0.05) is 30.3 Å². The summed E-state index contributed by atoms with van der Waals surface area (Å²) >= 11 is 0. The Labute approximate surface area is 146 Å². The van der Waals surface area contributed by atoms with E-state index in [2.05, 4.69) is 10.6 Å². The molecule has 0 fully saturated rings. The van der Waals surface area contributed by atoms with E-state index in [0.717, 1.165) is 5.56 Å². The van der Waals surface area contributed by atoms with Gasteiger partial charge in [0.05, 0.1) is 0 Å². The molecule has 0 aliphatic heterocycles. The molecule has 0 spiro atoms. The average Bonchev–Trinajstić information content (AvgIpc) is 2.60. The zero-order chi connectivity index (χ0) is 18.2. The molecule has 0 heterocycles. The van der Waals surface area contributed by atoms with Crippen LogP contribution in [0.25, 0.3) is 0 Å². The van der Waals surface area contributed by atoms with Crippen molar-refractivity contribution in [3.8, 4) is 0 Å². The second kappa shape index (κ2) is 8.63. The Hall–Kier alpha value is -3.15. The second-order valence-corrected chi connectivity index (χ2v) is 5.54. The zero-order valence-electron chi connectivity index (χ0n) is 14.1. The lowest BCUT2D eigenvalue weighted by atomic mass is 10.2. The molecule has 2 rings (SSSR count). The van der Waals surface area contributed by atoms with Crippen LogP contribution in [0, 0.1) is 6.92 Å². The van der Waals surface area contributed by atoms with Crippen LogP contribution in [0.5, 0.6) is 0 Å². The van der Waals surface area contributed by atoms with Gasteiger partial charge in [-0.15, -0.1) is 0 Å². The van der Waals surface area contributed by atoms with Crippen molar-refractivity contribution in [2.75, 3.05) is 11.9 Å². The van der Waals surface area contributed by atoms with Gasteiger partial charge in [0.1, 0.15) is 6.54 Å². The molecule has 6 nitrogen and oxygen atoms in total. The fourth-order valence-corrected chi connectivity index (χ4v) is 2.10. The van der Waals surface area contributed by atoms with Crippen molar-refractivity contribution in [2.24, 2.45) is 0 Å². The van der Waals surface area contributed by atoms with E-state index in [1.54, 1.807) is 36.4 Å². The number of hydrogen-bond acceptors (Lipinski definition) is 4. The number of hydrogen-bond donors (Lipinski definition) is 2. The summed E-state index contributed by atoms with van der Waals surface area (Å²) in [7, 11) is 0. The molecule has 25 heavy (non-hydrogen) atoms. The van der Waals surface area contributed by atoms with Gasteiger partial charge in [0.15, 0.2) is 6.10 Å². The van der Waals surface area contributed by atoms with Crippen molar-refractivity contribution in [3.63, 3.8) is 0 Å². The Balaban J connectivity index is 1.79. The van der Waals surface area contributed by atoms with Crippen LogP contribution in [-0.4, -0.2) is 30.4 Å². The van der Waals surface area contributed by atoms with Gasteiger partial charge in [-0.3, -0.25) is 14.4 Å². The topological polar surface area (TPSA) is 84.5 Å². The Bertz CT molecular complexity index is 759. The summed E-state index contributed by atoms with van der Waals surface area (Å²) in [5.41, 5.74) is 2.08. The lowest BCUT2D eigenvalue weighted by Gasteiger charge is -2.14. The Kier molecular flexibility index (Phi) is 6.28. The molecule has 2 aromatic carbocycles. The van der Waals surface area contributed by atoms with Gasteiger partial charge in [0.25, 0.3) is 11.8 Å². The summed E-state index contributed by atoms with van der Waals surface area (Å²) in [4.78, 5) is 35.7. The van der Waals surface area contributed by atoms with E-state index in [4.69, 9.17) is 4.74 Å². The highest BCUT2D eigenvalue weighted by Crippen LogP contribution is 2.10. The molecule has 0 aliphatic carbocycles. The predicted molar refractivity (Wildman–Crippen MR) is 94.1 cm³/mol. The lowest BCUT2D eigenvalue weighted by Crippen LogP contribution is -2.35. The molecular formula is C19H20N2O4. The number of ether oxygens (including phenoxy) is 1. The van der Waals surface area contributed by atoms with E-state index in [1.165, 1.54) is 6.92 Å². The molecule has 6 heteroatoms. The normalized spacial score (nSPS) is 11.3. The molecule has 0 aromatic heterocycles. The number of benzene rings is 2. The van der Waals surface area contributed by atoms with Crippen LogP contribution >= 0.6 is 0 Å². The monoisotopic (exact) mass is 340 g/mol. The zero-order valence-corrected chi connectivity index (χ0v) is 14.1. The summed E-state index contributed by atoms with van der Waals surface area (Å²) in [5, 5.41) is 5.13. The minimum absolute atomic E-state index is 0.310. The van der Waals surface area contributed by atoms with Gasteiger partial charge < -0.3 is 15.4 Å². The quantitative estimate of drug-likeness (QED) is 0.790. The number of aryl methyl sites for hydroxylation is 1. The Morgan fingerprint density at radius 3 is 2.44 bits per heavy atom. The van der Waals surface area contributed by atoms with Crippen LogP contribution < -0.4 is 10.6 Å². The van der Waals surface area contributed by atoms with Crippen LogP contribution in [0.3, 0.4) is 0 Å². The first kappa shape index (κ1) is 18.2. The van der Waals surface area contributed by atoms with E-state index >= 15 is 0 Å². The first-order chi connectivity index (χ1) is 12.0. The summed E-state index contributed by atoms with van der Waals surface area (Å²) in [6.07, 6.45) is -0.971. The number of esters is 1. The average molecular weight is 340 g/mol. The first-order valence-corrected chi connectivity index (χ1v) is 7.86. The molecule has 0 saturated heterocycles. The minimum Gasteiger partial charge on any atom is -0.451 e. The molecule has 1 atom stereocenters. The second-order valence-electron chi connectivity index (χ2n) is 5.54. The summed E-state index contributed by atoms with van der Waals surface area (Å²) in [6.45, 7) is 3.08. The minimum atomic E-state index is -0.971. The maximum atomic E-state index is 12.0. The molecule has 2 amide bonds. The van der Waals surface area contributed by atoms with Crippen molar-refractivity contribution in [1.29, 1.82) is 0 Å². The number of carbonyl (C=O) groups is 3. The molecule has 0 bridgehead atoms. The van der Waals surface area contributed by atoms with Gasteiger partial charge in [0, 0.05) is 11.3 Å². The summed E-state index contributed by atoms with van der Waals surface area (Å²) < 4.78 is 5.04. The predicted octanol–water partition coefficient (Wildman–Crippen LogP) is 2.30. The fraction of sp³-hybridized carbons (Fsp3) is 0.211. The van der Waals surface area contributed by atoms with Crippen molar-refractivity contribution in [1.82, 2.24) is 5.32 Å². The molecule has 2 aromatic rings. The van der Waals surface area contributed by atoms with Crippen LogP contribution in [0.2, 0.25) is 0 Å². The van der Waals surface area contributed by atoms with Gasteiger partial charge >= 0.3 is 5.97 Å². The molecule has 0 aliphatic rings. The maximum absolute atomic E-state index is 12.0. The molecular weight excluding hydrogens is 320 g/mol. The number of amides is 2. The fourth-order valence-electron chi connectivity index (χ4n) is 2.10. The smallest absolute Gasteiger partial charge is 0.326 e. The maximum Gasteiger partial charge on any atom is 0.326 e. The molecule has 0 saturated carbocycles. The number of rotatable bonds is 6. The number of nitrogens with one attached hydrogen (secondary N) is 2. The highest BCUT2D eigenvalue weighted by atomic mass is 16.5. The molecule has 0 radical (unpaired) electrons. The van der Waals surface area contributed by atoms with E-state index in [1.807, 2.05) is 25.1 Å². The lowest BCUT2D eigenvalue weighted by molar-refractivity contribution is -0.152. The van der Waals surface area contributed by atoms with Crippen molar-refractivity contribution in [3.05, 3.63) is 65.7 Å². The number of carbonyl (C=O) groups excluding carboxylic acids is 3. The molecule has 2 N–H and O–H groups in total. The molecule has 0 unspecified atom stereocenters. The first-order valence-electron chi connectivity index (χ1n) is 7.86. The third kappa shape index (κ3) is 5.76. The van der Waals surface area contributed by atoms with E-state index in [-0.39, 0.29) is 12.5 Å². The van der Waals surface area contributed by atoms with E-state index < -0.39 is 18.0 Å². The van der Waals surface area contributed by atoms with Gasteiger partial charge in [-0.05, 0) is 43.7 Å². The Morgan fingerprint density at radius 1 is 1.04 bits per heavy atom. The largest absolute Gasteiger partial charge is 0.451 e. The highest BCUT2D eigenvalue weighted by molar-refractivity contribution is 5.97. The number of anilines is 1. The van der Waals surface area contributed by atoms with Crippen LogP contribution in [0.15, 0.2) is 54.6 Å². The molecule has 130 valence electrons. The SMILES string of the molecule is Cc1cccc(NC(=O)[C@@H](C)OC(=O)CNC(=O)c2ccccc2)c1. The summed E-state index contributed by atoms with van der Waals surface area (Å²) in [5.74, 6) is -1.50. The van der Waals surface area contributed by atoms with Gasteiger partial charge in [-0.25, -0.2) is 0 Å². The van der Waals surface area contributed by atoms with Gasteiger partial charge in [-0.2, -0.15) is 0 Å². The van der Waals surface area contributed by atoms with E-state index in [9.17, 15) is 14.4 Å². The Morgan fingerprint density at radius 2 is 1.76 bits per heavy atom. The van der Waals surface area contributed by atoms with Crippen molar-refractivity contribution >= 4 is 23.5 Å². The van der Waals surface area contributed by atoms with Crippen LogP contribution in [-0.2, 0) is 14.3 Å². The third-order valence-corrected chi connectivity index (χ3v) is 3.39.